The number of thioether (sulfide) groups is 1. The number of nitrogens with zero attached hydrogens (tertiary/aromatic N) is 1. The van der Waals surface area contributed by atoms with Crippen molar-refractivity contribution in [3.05, 3.63) is 97.3 Å². The van der Waals surface area contributed by atoms with Crippen LogP contribution in [-0.2, 0) is 11.4 Å². The molecule has 0 atom stereocenters. The molecule has 184 valence electrons. The summed E-state index contributed by atoms with van der Waals surface area (Å²) in [5, 5.41) is 4.27. The second-order valence-corrected chi connectivity index (χ2v) is 9.78. The van der Waals surface area contributed by atoms with Crippen LogP contribution in [0.4, 0.5) is 0 Å². The zero-order chi connectivity index (χ0) is 25.7. The first kappa shape index (κ1) is 26.1. The Hall–Kier alpha value is -2.97. The Morgan fingerprint density at radius 3 is 2.33 bits per heavy atom. The number of hydrogen-bond acceptors (Lipinski definition) is 5. The molecule has 4 rings (SSSR count). The number of carbonyl (C=O) groups is 2. The van der Waals surface area contributed by atoms with E-state index in [2.05, 4.69) is 10.3 Å². The molecule has 1 aliphatic rings. The second kappa shape index (κ2) is 11.8. The summed E-state index contributed by atoms with van der Waals surface area (Å²) < 4.78 is 11.7. The quantitative estimate of drug-likeness (QED) is 0.314. The van der Waals surface area contributed by atoms with E-state index in [4.69, 9.17) is 44.3 Å². The third kappa shape index (κ3) is 6.62. The number of halogens is 3. The molecule has 0 aliphatic carbocycles. The van der Waals surface area contributed by atoms with Crippen LogP contribution in [-0.4, -0.2) is 23.6 Å². The highest BCUT2D eigenvalue weighted by Crippen LogP contribution is 2.39. The largest absolute Gasteiger partial charge is 0.490 e. The van der Waals surface area contributed by atoms with Gasteiger partial charge in [-0.05, 0) is 84.4 Å². The molecule has 6 nitrogen and oxygen atoms in total. The fourth-order valence-corrected chi connectivity index (χ4v) is 4.54. The summed E-state index contributed by atoms with van der Waals surface area (Å²) in [6.07, 6.45) is 1.65. The molecule has 1 aliphatic heterocycles. The number of amidine groups is 1. The molecular weight excluding hydrogens is 543 g/mol. The monoisotopic (exact) mass is 560 g/mol. The van der Waals surface area contributed by atoms with Crippen molar-refractivity contribution in [1.82, 2.24) is 5.32 Å². The van der Waals surface area contributed by atoms with Crippen molar-refractivity contribution in [2.75, 3.05) is 6.61 Å². The third-order valence-corrected chi connectivity index (χ3v) is 6.57. The van der Waals surface area contributed by atoms with Gasteiger partial charge in [0.05, 0.1) is 16.5 Å². The Morgan fingerprint density at radius 2 is 1.67 bits per heavy atom. The predicted octanol–water partition coefficient (Wildman–Crippen LogP) is 7.02. The molecule has 1 fully saturated rings. The van der Waals surface area contributed by atoms with Crippen LogP contribution in [0.15, 0.2) is 70.6 Å². The normalized spacial score (nSPS) is 15.3. The van der Waals surface area contributed by atoms with Crippen molar-refractivity contribution >= 4 is 69.6 Å². The summed E-state index contributed by atoms with van der Waals surface area (Å²) in [4.78, 5) is 29.2. The first-order valence-corrected chi connectivity index (χ1v) is 12.7. The van der Waals surface area contributed by atoms with E-state index in [9.17, 15) is 9.59 Å². The highest BCUT2D eigenvalue weighted by Gasteiger charge is 2.25. The van der Waals surface area contributed by atoms with Crippen molar-refractivity contribution in [2.45, 2.75) is 13.5 Å². The first-order valence-electron chi connectivity index (χ1n) is 10.8. The van der Waals surface area contributed by atoms with Crippen LogP contribution in [0.25, 0.3) is 6.08 Å². The van der Waals surface area contributed by atoms with Gasteiger partial charge in [-0.25, -0.2) is 0 Å². The highest BCUT2D eigenvalue weighted by molar-refractivity contribution is 8.18. The van der Waals surface area contributed by atoms with Crippen molar-refractivity contribution in [1.29, 1.82) is 0 Å². The molecule has 1 saturated heterocycles. The van der Waals surface area contributed by atoms with Crippen LogP contribution in [0.3, 0.4) is 0 Å². The van der Waals surface area contributed by atoms with E-state index >= 15 is 0 Å². The molecule has 2 amide bonds. The summed E-state index contributed by atoms with van der Waals surface area (Å²) in [6, 6.07) is 17.0. The number of nitrogens with one attached hydrogen (secondary N) is 1. The lowest BCUT2D eigenvalue weighted by Crippen LogP contribution is -2.20. The molecule has 36 heavy (non-hydrogen) atoms. The van der Waals surface area contributed by atoms with E-state index in [1.165, 1.54) is 0 Å². The molecule has 10 heteroatoms. The van der Waals surface area contributed by atoms with Crippen LogP contribution >= 0.6 is 46.6 Å². The first-order chi connectivity index (χ1) is 17.3. The fourth-order valence-electron chi connectivity index (χ4n) is 3.19. The minimum atomic E-state index is -0.486. The number of amides is 2. The molecule has 3 aromatic rings. The average molecular weight is 562 g/mol. The molecule has 0 radical (unpaired) electrons. The molecule has 0 bridgehead atoms. The van der Waals surface area contributed by atoms with E-state index < -0.39 is 5.91 Å². The van der Waals surface area contributed by atoms with E-state index in [-0.39, 0.29) is 17.7 Å². The Labute approximate surface area is 227 Å². The van der Waals surface area contributed by atoms with Gasteiger partial charge in [0, 0.05) is 15.6 Å². The van der Waals surface area contributed by atoms with Gasteiger partial charge >= 0.3 is 0 Å². The lowest BCUT2D eigenvalue weighted by atomic mass is 10.1. The summed E-state index contributed by atoms with van der Waals surface area (Å²) in [7, 11) is 0. The zero-order valence-corrected chi connectivity index (χ0v) is 22.0. The molecular formula is C26H19Cl3N2O4S. The minimum absolute atomic E-state index is 0.185. The maximum atomic E-state index is 12.5. The Morgan fingerprint density at radius 1 is 1.00 bits per heavy atom. The number of rotatable bonds is 7. The van der Waals surface area contributed by atoms with E-state index in [0.717, 1.165) is 17.3 Å². The zero-order valence-electron chi connectivity index (χ0n) is 18.9. The molecule has 0 saturated carbocycles. The van der Waals surface area contributed by atoms with Gasteiger partial charge in [0.2, 0.25) is 0 Å². The Kier molecular flexibility index (Phi) is 8.59. The van der Waals surface area contributed by atoms with Crippen LogP contribution in [0, 0.1) is 0 Å². The number of aliphatic imine (C=N–C) groups is 1. The van der Waals surface area contributed by atoms with Gasteiger partial charge in [0.25, 0.3) is 11.8 Å². The standard InChI is InChI=1S/C26H19Cl3N2O4S/c1-2-34-21-12-16(11-20(29)23(21)35-14-15-3-7-18(27)8-4-15)13-22-25(33)31-26(36-22)30-24(32)17-5-9-19(28)10-6-17/h3-13H,2,14H2,1H3,(H,30,31,32,33)/b22-13-. The summed E-state index contributed by atoms with van der Waals surface area (Å²) >= 11 is 19.4. The van der Waals surface area contributed by atoms with Crippen molar-refractivity contribution in [3.63, 3.8) is 0 Å². The lowest BCUT2D eigenvalue weighted by Gasteiger charge is -2.15. The summed E-state index contributed by atoms with van der Waals surface area (Å²) in [6.45, 7) is 2.52. The van der Waals surface area contributed by atoms with Gasteiger partial charge in [-0.1, -0.05) is 46.9 Å². The number of hydrogen-bond donors (Lipinski definition) is 1. The smallest absolute Gasteiger partial charge is 0.279 e. The highest BCUT2D eigenvalue weighted by atomic mass is 35.5. The maximum Gasteiger partial charge on any atom is 0.279 e. The van der Waals surface area contributed by atoms with E-state index in [1.54, 1.807) is 54.6 Å². The molecule has 0 unspecified atom stereocenters. The molecule has 3 aromatic carbocycles. The second-order valence-electron chi connectivity index (χ2n) is 7.47. The van der Waals surface area contributed by atoms with Gasteiger partial charge in [-0.3, -0.25) is 9.59 Å². The van der Waals surface area contributed by atoms with Gasteiger partial charge in [-0.15, -0.1) is 0 Å². The summed E-state index contributed by atoms with van der Waals surface area (Å²) in [5.41, 5.74) is 1.91. The van der Waals surface area contributed by atoms with Gasteiger partial charge in [0.15, 0.2) is 16.7 Å². The number of benzene rings is 3. The lowest BCUT2D eigenvalue weighted by molar-refractivity contribution is -0.115. The van der Waals surface area contributed by atoms with Crippen molar-refractivity contribution < 1.29 is 19.1 Å². The van der Waals surface area contributed by atoms with Crippen LogP contribution < -0.4 is 14.8 Å². The number of ether oxygens (including phenoxy) is 2. The van der Waals surface area contributed by atoms with Crippen molar-refractivity contribution in [2.24, 2.45) is 4.99 Å². The Balaban J connectivity index is 1.53. The van der Waals surface area contributed by atoms with Gasteiger partial charge in [-0.2, -0.15) is 4.99 Å². The van der Waals surface area contributed by atoms with Gasteiger partial charge in [0.1, 0.15) is 6.61 Å². The Bertz CT molecular complexity index is 1360. The van der Waals surface area contributed by atoms with Crippen LogP contribution in [0.2, 0.25) is 15.1 Å². The minimum Gasteiger partial charge on any atom is -0.490 e. The fraction of sp³-hybridized carbons (Fsp3) is 0.115. The van der Waals surface area contributed by atoms with E-state index in [0.29, 0.717) is 49.2 Å². The topological polar surface area (TPSA) is 77.0 Å². The van der Waals surface area contributed by atoms with Crippen LogP contribution in [0.5, 0.6) is 11.5 Å². The number of carbonyl (C=O) groups excluding carboxylic acids is 2. The summed E-state index contributed by atoms with van der Waals surface area (Å²) in [5.74, 6) is -0.0182. The molecule has 0 spiro atoms. The molecule has 1 N–H and O–H groups in total. The van der Waals surface area contributed by atoms with E-state index in [1.807, 2.05) is 19.1 Å². The third-order valence-electron chi connectivity index (χ3n) is 4.87. The predicted molar refractivity (Wildman–Crippen MR) is 145 cm³/mol. The molecule has 1 heterocycles. The van der Waals surface area contributed by atoms with Gasteiger partial charge < -0.3 is 14.8 Å². The molecule has 0 aromatic heterocycles. The van der Waals surface area contributed by atoms with Crippen LogP contribution in [0.1, 0.15) is 28.4 Å². The maximum absolute atomic E-state index is 12.5. The average Bonchev–Trinajstić information content (AvgIpc) is 3.18. The SMILES string of the molecule is CCOc1cc(/C=C2\SC(=NC(=O)c3ccc(Cl)cc3)NC2=O)cc(Cl)c1OCc1ccc(Cl)cc1. The van der Waals surface area contributed by atoms with Crippen molar-refractivity contribution in [3.8, 4) is 11.5 Å².